The quantitative estimate of drug-likeness (QED) is 0.430. The summed E-state index contributed by atoms with van der Waals surface area (Å²) in [5, 5.41) is 17.6. The highest BCUT2D eigenvalue weighted by Gasteiger charge is 1.94. The minimum absolute atomic E-state index is 0.0602. The van der Waals surface area contributed by atoms with E-state index in [-0.39, 0.29) is 11.5 Å². The van der Waals surface area contributed by atoms with Gasteiger partial charge in [0.25, 0.3) is 0 Å². The molecule has 62 valence electrons. The van der Waals surface area contributed by atoms with Crippen LogP contribution in [-0.4, -0.2) is 15.1 Å². The van der Waals surface area contributed by atoms with Crippen LogP contribution in [0.1, 0.15) is 5.56 Å². The molecular weight excluding hydrogens is 255 g/mol. The van der Waals surface area contributed by atoms with Gasteiger partial charge in [-0.15, -0.1) is 0 Å². The number of alkyl halides is 1. The molecule has 0 bridgehead atoms. The van der Waals surface area contributed by atoms with Crippen molar-refractivity contribution in [3.8, 4) is 11.5 Å². The van der Waals surface area contributed by atoms with Gasteiger partial charge >= 0.3 is 0 Å². The van der Waals surface area contributed by atoms with Crippen molar-refractivity contribution in [2.24, 2.45) is 0 Å². The van der Waals surface area contributed by atoms with E-state index in [0.717, 1.165) is 5.56 Å². The Labute approximate surface area is 80.0 Å². The molecule has 0 aliphatic rings. The van der Waals surface area contributed by atoms with Gasteiger partial charge in [0.2, 0.25) is 0 Å². The lowest BCUT2D eigenvalue weighted by Gasteiger charge is -1.95. The predicted molar refractivity (Wildman–Crippen MR) is 54.5 cm³/mol. The highest BCUT2D eigenvalue weighted by molar-refractivity contribution is 14.1. The number of rotatable bonds is 0. The number of benzene rings is 1. The number of halogens is 1. The summed E-state index contributed by atoms with van der Waals surface area (Å²) in [6, 6.07) is 4.70. The summed E-state index contributed by atoms with van der Waals surface area (Å²) in [7, 11) is 0. The molecular formula is C8H11IO2. The van der Waals surface area contributed by atoms with Gasteiger partial charge in [0.1, 0.15) is 0 Å². The van der Waals surface area contributed by atoms with E-state index < -0.39 is 0 Å². The summed E-state index contributed by atoms with van der Waals surface area (Å²) >= 11 is 2.15. The monoisotopic (exact) mass is 266 g/mol. The third kappa shape index (κ3) is 3.46. The third-order valence-electron chi connectivity index (χ3n) is 1.13. The van der Waals surface area contributed by atoms with Crippen LogP contribution in [0.2, 0.25) is 0 Å². The van der Waals surface area contributed by atoms with E-state index in [4.69, 9.17) is 10.2 Å². The zero-order valence-corrected chi connectivity index (χ0v) is 8.66. The smallest absolute Gasteiger partial charge is 0.157 e. The van der Waals surface area contributed by atoms with E-state index in [1.165, 1.54) is 12.1 Å². The number of phenolic OH excluding ortho intramolecular Hbond substituents is 2. The van der Waals surface area contributed by atoms with Crippen LogP contribution in [0, 0.1) is 6.92 Å². The van der Waals surface area contributed by atoms with E-state index in [1.54, 1.807) is 6.07 Å². The number of hydrogen-bond donors (Lipinski definition) is 2. The van der Waals surface area contributed by atoms with Crippen LogP contribution in [0.5, 0.6) is 11.5 Å². The summed E-state index contributed by atoms with van der Waals surface area (Å²) in [4.78, 5) is 1.97. The highest BCUT2D eigenvalue weighted by atomic mass is 127. The maximum Gasteiger partial charge on any atom is 0.157 e. The molecule has 0 amide bonds. The van der Waals surface area contributed by atoms with E-state index >= 15 is 0 Å². The minimum atomic E-state index is -0.0689. The average molecular weight is 266 g/mol. The molecule has 2 N–H and O–H groups in total. The van der Waals surface area contributed by atoms with Crippen LogP contribution >= 0.6 is 22.6 Å². The van der Waals surface area contributed by atoms with Crippen molar-refractivity contribution in [1.29, 1.82) is 0 Å². The van der Waals surface area contributed by atoms with Crippen molar-refractivity contribution >= 4 is 22.6 Å². The summed E-state index contributed by atoms with van der Waals surface area (Å²) in [6.07, 6.45) is 0. The molecule has 0 aliphatic heterocycles. The predicted octanol–water partition coefficient (Wildman–Crippen LogP) is 2.46. The van der Waals surface area contributed by atoms with Crippen molar-refractivity contribution < 1.29 is 10.2 Å². The summed E-state index contributed by atoms with van der Waals surface area (Å²) in [5.41, 5.74) is 0.935. The van der Waals surface area contributed by atoms with Gasteiger partial charge in [-0.05, 0) is 29.6 Å². The standard InChI is InChI=1S/C7H8O2.CH3I/c1-5-2-3-6(8)7(9)4-5;1-2/h2-4,8-9H,1H3;1H3. The van der Waals surface area contributed by atoms with Crippen LogP contribution in [0.3, 0.4) is 0 Å². The third-order valence-corrected chi connectivity index (χ3v) is 1.13. The largest absolute Gasteiger partial charge is 0.504 e. The normalized spacial score (nSPS) is 8.27. The Balaban J connectivity index is 0.000000461. The number of phenols is 2. The first kappa shape index (κ1) is 10.6. The molecule has 0 fully saturated rings. The van der Waals surface area contributed by atoms with Crippen LogP contribution in [0.25, 0.3) is 0 Å². The van der Waals surface area contributed by atoms with Crippen molar-refractivity contribution in [2.45, 2.75) is 6.92 Å². The molecule has 1 aromatic carbocycles. The first-order chi connectivity index (χ1) is 5.20. The maximum absolute atomic E-state index is 8.85. The molecule has 3 heteroatoms. The lowest BCUT2D eigenvalue weighted by molar-refractivity contribution is 0.403. The Hall–Kier alpha value is -0.450. The number of aryl methyl sites for hydroxylation is 1. The van der Waals surface area contributed by atoms with Crippen LogP contribution in [0.4, 0.5) is 0 Å². The van der Waals surface area contributed by atoms with Gasteiger partial charge in [-0.3, -0.25) is 0 Å². The zero-order valence-electron chi connectivity index (χ0n) is 6.50. The number of hydrogen-bond acceptors (Lipinski definition) is 2. The lowest BCUT2D eigenvalue weighted by Crippen LogP contribution is -1.70. The van der Waals surface area contributed by atoms with Gasteiger partial charge in [0, 0.05) is 0 Å². The summed E-state index contributed by atoms with van der Waals surface area (Å²) in [5.74, 6) is -0.129. The molecule has 0 saturated heterocycles. The van der Waals surface area contributed by atoms with E-state index in [1.807, 2.05) is 11.9 Å². The fourth-order valence-corrected chi connectivity index (χ4v) is 0.633. The van der Waals surface area contributed by atoms with Crippen molar-refractivity contribution in [2.75, 3.05) is 4.93 Å². The molecule has 0 aromatic heterocycles. The van der Waals surface area contributed by atoms with E-state index in [9.17, 15) is 0 Å². The minimum Gasteiger partial charge on any atom is -0.504 e. The molecule has 0 radical (unpaired) electrons. The van der Waals surface area contributed by atoms with Gasteiger partial charge in [0.05, 0.1) is 0 Å². The van der Waals surface area contributed by atoms with Crippen LogP contribution in [-0.2, 0) is 0 Å². The zero-order chi connectivity index (χ0) is 8.85. The van der Waals surface area contributed by atoms with Crippen molar-refractivity contribution in [3.63, 3.8) is 0 Å². The summed E-state index contributed by atoms with van der Waals surface area (Å²) < 4.78 is 0. The van der Waals surface area contributed by atoms with Crippen LogP contribution < -0.4 is 0 Å². The Morgan fingerprint density at radius 2 is 1.64 bits per heavy atom. The van der Waals surface area contributed by atoms with E-state index in [2.05, 4.69) is 22.6 Å². The molecule has 0 saturated carbocycles. The molecule has 1 rings (SSSR count). The molecule has 0 aliphatic carbocycles. The maximum atomic E-state index is 8.85. The first-order valence-electron chi connectivity index (χ1n) is 3.06. The summed E-state index contributed by atoms with van der Waals surface area (Å²) in [6.45, 7) is 1.85. The topological polar surface area (TPSA) is 40.5 Å². The Bertz CT molecular complexity index is 223. The second-order valence-corrected chi connectivity index (χ2v) is 1.99. The molecule has 0 heterocycles. The molecule has 1 aromatic rings. The second-order valence-electron chi connectivity index (χ2n) is 1.99. The van der Waals surface area contributed by atoms with Gasteiger partial charge in [-0.25, -0.2) is 0 Å². The SMILES string of the molecule is CI.Cc1ccc(O)c(O)c1. The average Bonchev–Trinajstić information content (AvgIpc) is 2.02. The van der Waals surface area contributed by atoms with Crippen molar-refractivity contribution in [3.05, 3.63) is 23.8 Å². The molecule has 0 atom stereocenters. The first-order valence-corrected chi connectivity index (χ1v) is 5.22. The fraction of sp³-hybridized carbons (Fsp3) is 0.250. The highest BCUT2D eigenvalue weighted by Crippen LogP contribution is 2.23. The Kier molecular flexibility index (Phi) is 5.02. The Morgan fingerprint density at radius 1 is 1.09 bits per heavy atom. The van der Waals surface area contributed by atoms with Gasteiger partial charge in [-0.1, -0.05) is 28.7 Å². The molecule has 0 spiro atoms. The fourth-order valence-electron chi connectivity index (χ4n) is 0.633. The van der Waals surface area contributed by atoms with Gasteiger partial charge in [0.15, 0.2) is 11.5 Å². The van der Waals surface area contributed by atoms with Crippen LogP contribution in [0.15, 0.2) is 18.2 Å². The lowest BCUT2D eigenvalue weighted by atomic mass is 10.2. The Morgan fingerprint density at radius 3 is 2.00 bits per heavy atom. The van der Waals surface area contributed by atoms with Gasteiger partial charge < -0.3 is 10.2 Å². The number of aromatic hydroxyl groups is 2. The molecule has 11 heavy (non-hydrogen) atoms. The van der Waals surface area contributed by atoms with E-state index in [0.29, 0.717) is 0 Å². The molecule has 2 nitrogen and oxygen atoms in total. The second kappa shape index (κ2) is 5.23. The van der Waals surface area contributed by atoms with Gasteiger partial charge in [-0.2, -0.15) is 0 Å². The van der Waals surface area contributed by atoms with Crippen molar-refractivity contribution in [1.82, 2.24) is 0 Å². The molecule has 0 unspecified atom stereocenters.